The third-order valence-corrected chi connectivity index (χ3v) is 5.90. The van der Waals surface area contributed by atoms with E-state index in [0.717, 1.165) is 30.7 Å². The lowest BCUT2D eigenvalue weighted by Gasteiger charge is -2.47. The Bertz CT molecular complexity index is 383. The van der Waals surface area contributed by atoms with Gasteiger partial charge in [-0.25, -0.2) is 0 Å². The minimum atomic E-state index is 0.362. The Labute approximate surface area is 120 Å². The van der Waals surface area contributed by atoms with Crippen molar-refractivity contribution in [3.8, 4) is 0 Å². The Morgan fingerprint density at radius 2 is 1.79 bits per heavy atom. The van der Waals surface area contributed by atoms with Crippen LogP contribution in [0.2, 0.25) is 0 Å². The normalized spacial score (nSPS) is 31.3. The maximum absolute atomic E-state index is 9.25. The van der Waals surface area contributed by atoms with Crippen molar-refractivity contribution in [1.82, 2.24) is 4.90 Å². The van der Waals surface area contributed by atoms with Crippen molar-refractivity contribution in [3.63, 3.8) is 0 Å². The van der Waals surface area contributed by atoms with Crippen LogP contribution in [0.4, 0.5) is 0 Å². The molecule has 0 saturated carbocycles. The van der Waals surface area contributed by atoms with Gasteiger partial charge in [-0.05, 0) is 41.2 Å². The maximum Gasteiger partial charge on any atom is 0.0433 e. The predicted molar refractivity (Wildman–Crippen MR) is 81.2 cm³/mol. The van der Waals surface area contributed by atoms with Gasteiger partial charge < -0.3 is 5.11 Å². The number of fused-ring (bicyclic) bond motifs is 2. The van der Waals surface area contributed by atoms with Crippen molar-refractivity contribution in [2.75, 3.05) is 31.2 Å². The molecule has 1 aromatic rings. The summed E-state index contributed by atoms with van der Waals surface area (Å²) in [7, 11) is 0. The lowest BCUT2D eigenvalue weighted by Crippen LogP contribution is -2.50. The molecule has 3 heteroatoms. The first-order chi connectivity index (χ1) is 9.36. The van der Waals surface area contributed by atoms with Crippen molar-refractivity contribution in [2.45, 2.75) is 13.0 Å². The van der Waals surface area contributed by atoms with Gasteiger partial charge in [0.15, 0.2) is 0 Å². The summed E-state index contributed by atoms with van der Waals surface area (Å²) < 4.78 is 0. The summed E-state index contributed by atoms with van der Waals surface area (Å²) in [4.78, 5) is 2.62. The van der Waals surface area contributed by atoms with Gasteiger partial charge in [-0.1, -0.05) is 30.3 Å². The number of hydrogen-bond acceptors (Lipinski definition) is 3. The molecule has 19 heavy (non-hydrogen) atoms. The molecular weight excluding hydrogens is 254 g/mol. The lowest BCUT2D eigenvalue weighted by atomic mass is 9.77. The highest BCUT2D eigenvalue weighted by Crippen LogP contribution is 2.40. The zero-order chi connectivity index (χ0) is 13.1. The van der Waals surface area contributed by atoms with Crippen LogP contribution in [0.1, 0.15) is 12.0 Å². The second-order valence-corrected chi connectivity index (χ2v) is 6.99. The summed E-state index contributed by atoms with van der Waals surface area (Å²) in [5.74, 6) is 4.90. The lowest BCUT2D eigenvalue weighted by molar-refractivity contribution is 0.0565. The van der Waals surface area contributed by atoms with E-state index in [-0.39, 0.29) is 0 Å². The average Bonchev–Trinajstić information content (AvgIpc) is 2.41. The van der Waals surface area contributed by atoms with Crippen LogP contribution in [0.25, 0.3) is 0 Å². The van der Waals surface area contributed by atoms with Gasteiger partial charge in [0.2, 0.25) is 0 Å². The fourth-order valence-corrected chi connectivity index (χ4v) is 5.15. The molecule has 3 rings (SSSR count). The second-order valence-electron chi connectivity index (χ2n) is 5.91. The van der Waals surface area contributed by atoms with E-state index in [2.05, 4.69) is 47.0 Å². The second kappa shape index (κ2) is 6.29. The van der Waals surface area contributed by atoms with Crippen LogP contribution in [0.15, 0.2) is 30.3 Å². The Morgan fingerprint density at radius 3 is 2.42 bits per heavy atom. The van der Waals surface area contributed by atoms with Gasteiger partial charge in [0.1, 0.15) is 0 Å². The van der Waals surface area contributed by atoms with E-state index >= 15 is 0 Å². The fraction of sp³-hybridized carbons (Fsp3) is 0.625. The number of rotatable bonds is 4. The van der Waals surface area contributed by atoms with Crippen LogP contribution in [-0.4, -0.2) is 41.2 Å². The first-order valence-corrected chi connectivity index (χ1v) is 8.47. The van der Waals surface area contributed by atoms with E-state index in [9.17, 15) is 5.11 Å². The molecule has 0 aliphatic carbocycles. The highest BCUT2D eigenvalue weighted by Gasteiger charge is 2.39. The standard InChI is InChI=1S/C16H23NOS/c18-7-6-16-14-9-17(10-15(16)12-19-11-14)8-13-4-2-1-3-5-13/h1-5,14-16,18H,6-12H2. The number of nitrogens with zero attached hydrogens (tertiary/aromatic N) is 1. The highest BCUT2D eigenvalue weighted by molar-refractivity contribution is 7.99. The molecule has 1 aromatic carbocycles. The average molecular weight is 277 g/mol. The number of hydrogen-bond donors (Lipinski definition) is 1. The monoisotopic (exact) mass is 277 g/mol. The minimum Gasteiger partial charge on any atom is -0.396 e. The molecule has 2 nitrogen and oxygen atoms in total. The molecule has 2 aliphatic heterocycles. The summed E-state index contributed by atoms with van der Waals surface area (Å²) in [6, 6.07) is 10.8. The predicted octanol–water partition coefficient (Wildman–Crippen LogP) is 2.48. The Hall–Kier alpha value is -0.510. The molecule has 0 amide bonds. The molecule has 2 unspecified atom stereocenters. The van der Waals surface area contributed by atoms with Gasteiger partial charge in [0, 0.05) is 26.2 Å². The number of aliphatic hydroxyl groups is 1. The number of benzene rings is 1. The number of aliphatic hydroxyl groups excluding tert-OH is 1. The van der Waals surface area contributed by atoms with Crippen molar-refractivity contribution < 1.29 is 5.11 Å². The quantitative estimate of drug-likeness (QED) is 0.914. The summed E-state index contributed by atoms with van der Waals surface area (Å²) in [6.45, 7) is 3.87. The number of likely N-dealkylation sites (tertiary alicyclic amines) is 1. The van der Waals surface area contributed by atoms with Crippen LogP contribution in [0, 0.1) is 17.8 Å². The molecule has 2 aliphatic rings. The molecule has 2 heterocycles. The van der Waals surface area contributed by atoms with E-state index in [1.807, 2.05) is 0 Å². The van der Waals surface area contributed by atoms with Crippen molar-refractivity contribution in [1.29, 1.82) is 0 Å². The van der Waals surface area contributed by atoms with Crippen LogP contribution in [-0.2, 0) is 6.54 Å². The summed E-state index contributed by atoms with van der Waals surface area (Å²) in [6.07, 6.45) is 1.01. The van der Waals surface area contributed by atoms with Crippen molar-refractivity contribution >= 4 is 11.8 Å². The molecular formula is C16H23NOS. The summed E-state index contributed by atoms with van der Waals surface area (Å²) in [5, 5.41) is 9.25. The van der Waals surface area contributed by atoms with Crippen molar-refractivity contribution in [3.05, 3.63) is 35.9 Å². The van der Waals surface area contributed by atoms with Crippen molar-refractivity contribution in [2.24, 2.45) is 17.8 Å². The summed E-state index contributed by atoms with van der Waals surface area (Å²) >= 11 is 2.12. The van der Waals surface area contributed by atoms with Crippen LogP contribution in [0.5, 0.6) is 0 Å². The zero-order valence-electron chi connectivity index (χ0n) is 11.4. The van der Waals surface area contributed by atoms with E-state index in [1.54, 1.807) is 0 Å². The molecule has 0 spiro atoms. The molecule has 2 atom stereocenters. The molecule has 1 N–H and O–H groups in total. The SMILES string of the molecule is OCCC1C2CSCC1CN(Cc1ccccc1)C2. The van der Waals surface area contributed by atoms with E-state index in [1.165, 1.54) is 30.2 Å². The van der Waals surface area contributed by atoms with E-state index in [4.69, 9.17) is 0 Å². The first kappa shape index (κ1) is 13.5. The van der Waals surface area contributed by atoms with E-state index in [0.29, 0.717) is 6.61 Å². The molecule has 2 saturated heterocycles. The third kappa shape index (κ3) is 3.15. The Morgan fingerprint density at radius 1 is 1.11 bits per heavy atom. The third-order valence-electron chi connectivity index (χ3n) is 4.57. The van der Waals surface area contributed by atoms with Crippen LogP contribution in [0.3, 0.4) is 0 Å². The fourth-order valence-electron chi connectivity index (χ4n) is 3.71. The summed E-state index contributed by atoms with van der Waals surface area (Å²) in [5.41, 5.74) is 1.42. The molecule has 2 fully saturated rings. The Balaban J connectivity index is 1.64. The van der Waals surface area contributed by atoms with Gasteiger partial charge in [0.25, 0.3) is 0 Å². The largest absolute Gasteiger partial charge is 0.396 e. The molecule has 2 bridgehead atoms. The minimum absolute atomic E-state index is 0.362. The molecule has 0 aromatic heterocycles. The smallest absolute Gasteiger partial charge is 0.0433 e. The molecule has 104 valence electrons. The van der Waals surface area contributed by atoms with Gasteiger partial charge in [-0.3, -0.25) is 4.90 Å². The van der Waals surface area contributed by atoms with Gasteiger partial charge in [0.05, 0.1) is 0 Å². The number of thioether (sulfide) groups is 1. The molecule has 0 radical (unpaired) electrons. The van der Waals surface area contributed by atoms with Gasteiger partial charge in [-0.15, -0.1) is 0 Å². The van der Waals surface area contributed by atoms with E-state index < -0.39 is 0 Å². The topological polar surface area (TPSA) is 23.5 Å². The highest BCUT2D eigenvalue weighted by atomic mass is 32.2. The van der Waals surface area contributed by atoms with Crippen LogP contribution >= 0.6 is 11.8 Å². The number of piperidine rings is 1. The maximum atomic E-state index is 9.25. The van der Waals surface area contributed by atoms with Gasteiger partial charge >= 0.3 is 0 Å². The van der Waals surface area contributed by atoms with Gasteiger partial charge in [-0.2, -0.15) is 11.8 Å². The Kier molecular flexibility index (Phi) is 4.46. The zero-order valence-corrected chi connectivity index (χ0v) is 12.2. The van der Waals surface area contributed by atoms with Crippen LogP contribution < -0.4 is 0 Å². The first-order valence-electron chi connectivity index (χ1n) is 7.31.